The number of carbonyl (C=O) groups excluding carboxylic acids is 3. The van der Waals surface area contributed by atoms with Crippen molar-refractivity contribution in [2.45, 2.75) is 97.2 Å². The summed E-state index contributed by atoms with van der Waals surface area (Å²) < 4.78 is 126. The fourth-order valence-electron chi connectivity index (χ4n) is 12.5. The smallest absolute Gasteiger partial charge is 0.387 e. The van der Waals surface area contributed by atoms with Gasteiger partial charge in [0.2, 0.25) is 0 Å². The van der Waals surface area contributed by atoms with Crippen LogP contribution in [-0.4, -0.2) is 86.9 Å². The summed E-state index contributed by atoms with van der Waals surface area (Å²) in [6.07, 6.45) is 0.0361. The Morgan fingerprint density at radius 1 is 0.505 bits per heavy atom. The summed E-state index contributed by atoms with van der Waals surface area (Å²) in [6.45, 7) is 8.38. The summed E-state index contributed by atoms with van der Waals surface area (Å²) in [7, 11) is 0. The lowest BCUT2D eigenvalue weighted by Gasteiger charge is -2.19. The molecule has 550 valence electrons. The lowest BCUT2D eigenvalue weighted by molar-refractivity contribution is -0.139. The molecule has 0 aliphatic carbocycles. The Morgan fingerprint density at radius 2 is 1.03 bits per heavy atom. The molecule has 1 saturated heterocycles. The fourth-order valence-corrected chi connectivity index (χ4v) is 12.5. The van der Waals surface area contributed by atoms with E-state index in [-0.39, 0.29) is 72.1 Å². The fraction of sp³-hybridized carbons (Fsp3) is 0.212. The molecule has 109 heavy (non-hydrogen) atoms. The number of aryl methyl sites for hydroxylation is 3. The molecule has 0 radical (unpaired) electrons. The minimum absolute atomic E-state index is 0.101. The third-order valence-electron chi connectivity index (χ3n) is 18.3. The monoisotopic (exact) mass is 1480 g/mol. The van der Waals surface area contributed by atoms with Gasteiger partial charge in [-0.1, -0.05) is 103 Å². The van der Waals surface area contributed by atoms with Gasteiger partial charge in [-0.2, -0.15) is 44.6 Å². The molecule has 6 aromatic heterocycles. The Hall–Kier alpha value is -12.7. The Labute approximate surface area is 621 Å². The van der Waals surface area contributed by atoms with Gasteiger partial charge < -0.3 is 11.1 Å². The summed E-state index contributed by atoms with van der Waals surface area (Å²) in [6, 6.07) is 41.3. The van der Waals surface area contributed by atoms with E-state index in [1.807, 2.05) is 83.3 Å². The number of aromatic nitrogens is 7. The number of Topliss-reactive ketones (excluding diaryl/α,β-unsaturated/α-hetero) is 3. The number of halogens is 9. The molecule has 2 aliphatic rings. The van der Waals surface area contributed by atoms with E-state index < -0.39 is 35.2 Å². The average molecular weight is 1480 g/mol. The van der Waals surface area contributed by atoms with Crippen molar-refractivity contribution in [3.05, 3.63) is 307 Å². The number of hydrogen-bond acceptors (Lipinski definition) is 11. The molecule has 0 amide bonds. The second-order valence-corrected chi connectivity index (χ2v) is 26.3. The maximum atomic E-state index is 13.8. The number of nitrogens with two attached hydrogens (primary N) is 1. The molecule has 6 aromatic carbocycles. The number of likely N-dealkylation sites (tertiary alicyclic amines) is 1. The number of nitrogens with zero attached hydrogens (tertiary/aromatic N) is 9. The first-order valence-corrected chi connectivity index (χ1v) is 34.7. The number of benzene rings is 6. The number of ketones is 3. The van der Waals surface area contributed by atoms with Crippen molar-refractivity contribution >= 4 is 51.6 Å². The number of amidine groups is 2. The first-order chi connectivity index (χ1) is 52.2. The van der Waals surface area contributed by atoms with Crippen LogP contribution in [0.15, 0.2) is 200 Å². The van der Waals surface area contributed by atoms with Gasteiger partial charge in [0.25, 0.3) is 0 Å². The zero-order valence-electron chi connectivity index (χ0n) is 59.2. The van der Waals surface area contributed by atoms with Crippen molar-refractivity contribution in [2.24, 2.45) is 10.7 Å². The minimum atomic E-state index is -4.62. The van der Waals surface area contributed by atoms with Gasteiger partial charge in [0, 0.05) is 97.2 Å². The molecule has 1 fully saturated rings. The zero-order valence-corrected chi connectivity index (χ0v) is 59.2. The largest absolute Gasteiger partial charge is 0.416 e. The number of hydrogen-bond donors (Lipinski definition) is 3. The molecule has 15 nitrogen and oxygen atoms in total. The average Bonchev–Trinajstić information content (AvgIpc) is 1.78. The quantitative estimate of drug-likeness (QED) is 0.0310. The molecule has 0 saturated carbocycles. The minimum Gasteiger partial charge on any atom is -0.387 e. The maximum Gasteiger partial charge on any atom is 0.416 e. The van der Waals surface area contributed by atoms with Crippen LogP contribution in [0.4, 0.5) is 45.2 Å². The van der Waals surface area contributed by atoms with Gasteiger partial charge in [0.1, 0.15) is 28.6 Å². The normalized spacial score (nSPS) is 12.9. The van der Waals surface area contributed by atoms with Gasteiger partial charge in [-0.05, 0) is 188 Å². The molecule has 0 atom stereocenters. The van der Waals surface area contributed by atoms with E-state index in [2.05, 4.69) is 65.9 Å². The lowest BCUT2D eigenvalue weighted by Crippen LogP contribution is -2.21. The van der Waals surface area contributed by atoms with Crippen LogP contribution in [0.2, 0.25) is 0 Å². The summed E-state index contributed by atoms with van der Waals surface area (Å²) in [5.74, 6) is 18.3. The van der Waals surface area contributed by atoms with Crippen LogP contribution in [0.3, 0.4) is 0 Å². The zero-order chi connectivity index (χ0) is 77.2. The van der Waals surface area contributed by atoms with Crippen LogP contribution in [0.5, 0.6) is 0 Å². The molecular formula is C85H69F9N12O3. The molecular weight excluding hydrogens is 1410 g/mol. The number of imidazole rings is 3. The molecule has 8 heterocycles. The topological polar surface area (TPSA) is 193 Å². The van der Waals surface area contributed by atoms with Crippen LogP contribution < -0.4 is 11.1 Å². The highest BCUT2D eigenvalue weighted by Gasteiger charge is 2.36. The number of carbonyl (C=O) groups is 3. The highest BCUT2D eigenvalue weighted by atomic mass is 19.4. The third-order valence-corrected chi connectivity index (χ3v) is 18.3. The molecule has 4 N–H and O–H groups in total. The predicted octanol–water partition coefficient (Wildman–Crippen LogP) is 16.5. The third kappa shape index (κ3) is 19.1. The SMILES string of the molecule is Cc1ccc(C(=O)Cc2ccc(CC(=N)N)c(C(F)(F)F)c2)cc1C#Cc1cnc2cccnn12.Cc1ccc(C(=O)Cc2ccc(CN3CCCC3)c(C(F)(F)F)c2)cc1C#Cc1cnc2ccccn12.Cc1ccc(C(=O)Cc2cccc(C(F)(F)F)c2)cc1C#Cc1cnc2c(NC3=NCCC3)cccn12. The lowest BCUT2D eigenvalue weighted by atomic mass is 9.95. The summed E-state index contributed by atoms with van der Waals surface area (Å²) in [5.41, 5.74) is 14.8. The van der Waals surface area contributed by atoms with Gasteiger partial charge in [-0.15, -0.1) is 0 Å². The molecule has 0 bridgehead atoms. The summed E-state index contributed by atoms with van der Waals surface area (Å²) in [4.78, 5) is 58.4. The second-order valence-electron chi connectivity index (χ2n) is 26.3. The number of nitrogens with one attached hydrogen (secondary N) is 2. The van der Waals surface area contributed by atoms with Crippen LogP contribution in [0, 0.1) is 61.7 Å². The number of anilines is 1. The van der Waals surface area contributed by atoms with E-state index in [4.69, 9.17) is 11.1 Å². The van der Waals surface area contributed by atoms with Gasteiger partial charge in [0.05, 0.1) is 46.8 Å². The Balaban J connectivity index is 0.000000153. The number of alkyl halides is 9. The van der Waals surface area contributed by atoms with Crippen LogP contribution in [-0.2, 0) is 50.8 Å². The first-order valence-electron chi connectivity index (χ1n) is 34.7. The van der Waals surface area contributed by atoms with Crippen molar-refractivity contribution in [3.63, 3.8) is 0 Å². The number of pyridine rings is 2. The number of fused-ring (bicyclic) bond motifs is 3. The predicted molar refractivity (Wildman–Crippen MR) is 399 cm³/mol. The Bertz CT molecular complexity index is 5720. The molecule has 0 spiro atoms. The number of rotatable bonds is 14. The van der Waals surface area contributed by atoms with E-state index >= 15 is 0 Å². The van der Waals surface area contributed by atoms with Crippen molar-refractivity contribution in [1.82, 2.24) is 38.3 Å². The van der Waals surface area contributed by atoms with E-state index in [9.17, 15) is 53.9 Å². The van der Waals surface area contributed by atoms with Crippen molar-refractivity contribution in [2.75, 3.05) is 25.0 Å². The second kappa shape index (κ2) is 33.0. The van der Waals surface area contributed by atoms with E-state index in [0.29, 0.717) is 61.5 Å². The van der Waals surface area contributed by atoms with E-state index in [1.165, 1.54) is 30.3 Å². The van der Waals surface area contributed by atoms with Gasteiger partial charge in [-0.25, -0.2) is 19.5 Å². The van der Waals surface area contributed by atoms with Crippen LogP contribution >= 0.6 is 0 Å². The Morgan fingerprint density at radius 3 is 1.60 bits per heavy atom. The van der Waals surface area contributed by atoms with E-state index in [1.54, 1.807) is 96.0 Å². The highest BCUT2D eigenvalue weighted by Crippen LogP contribution is 2.36. The molecule has 0 unspecified atom stereocenters. The highest BCUT2D eigenvalue weighted by molar-refractivity contribution is 6.00. The molecule has 14 rings (SSSR count). The van der Waals surface area contributed by atoms with Crippen LogP contribution in [0.25, 0.3) is 16.9 Å². The number of aliphatic imine (C=N–C) groups is 1. The van der Waals surface area contributed by atoms with Gasteiger partial charge >= 0.3 is 18.5 Å². The molecule has 12 aromatic rings. The van der Waals surface area contributed by atoms with Crippen molar-refractivity contribution in [3.8, 4) is 35.5 Å². The molecule has 2 aliphatic heterocycles. The summed E-state index contributed by atoms with van der Waals surface area (Å²) >= 11 is 0. The standard InChI is InChI=1S/C30H26F3N3O.C29H23F3N4O.C26H20F3N5O/c1-21-7-9-24(18-23(21)11-12-26-19-34-29-6-2-3-15-36(26)29)28(37)17-22-8-10-25(20-35-13-4-5-14-35)27(16-22)30(31,32)33;1-19-9-10-22(26(37)16-20-5-2-6-23(15-20)29(30,31)32)17-21(19)11-12-24-18-34-28-25(7-4-14-36(24)28)35-27-8-3-13-33-27;1-16-4-6-20(13-18(16)8-9-21-15-32-25-3-2-10-33-34(21)25)23(35)12-17-5-7-19(14-24(30)31)22(11-17)26(27,28)29/h2-3,6-10,15-16,18-19H,4-5,13-14,17,20H2,1H3;2,4-7,9-10,14-15,17-18H,3,8,13,16H2,1H3,(H,33,35);2-7,10-11,13,15H,12,14H2,1H3,(H3,30,31). The van der Waals surface area contributed by atoms with Crippen molar-refractivity contribution < 1.29 is 53.9 Å². The van der Waals surface area contributed by atoms with Gasteiger partial charge in [-0.3, -0.25) is 38.5 Å². The maximum absolute atomic E-state index is 13.8. The Kier molecular flexibility index (Phi) is 23.0. The summed E-state index contributed by atoms with van der Waals surface area (Å²) in [5, 5.41) is 14.9. The van der Waals surface area contributed by atoms with Gasteiger partial charge in [0.15, 0.2) is 28.6 Å². The first kappa shape index (κ1) is 75.9. The van der Waals surface area contributed by atoms with E-state index in [0.717, 1.165) is 115 Å². The van der Waals surface area contributed by atoms with Crippen molar-refractivity contribution in [1.29, 1.82) is 5.41 Å². The molecule has 24 heteroatoms. The van der Waals surface area contributed by atoms with Crippen LogP contribution in [0.1, 0.15) is 152 Å².